The molecule has 0 aliphatic rings. The first-order valence-corrected chi connectivity index (χ1v) is 6.02. The molecule has 1 unspecified atom stereocenters. The van der Waals surface area contributed by atoms with E-state index in [1.807, 2.05) is 37.3 Å². The first kappa shape index (κ1) is 14.3. The Kier molecular flexibility index (Phi) is 5.94. The van der Waals surface area contributed by atoms with Crippen molar-refractivity contribution < 1.29 is 9.53 Å². The third kappa shape index (κ3) is 4.59. The fourth-order valence-electron chi connectivity index (χ4n) is 1.63. The second kappa shape index (κ2) is 7.50. The van der Waals surface area contributed by atoms with Crippen molar-refractivity contribution in [3.8, 4) is 5.75 Å². The van der Waals surface area contributed by atoms with Gasteiger partial charge in [-0.05, 0) is 31.4 Å². The van der Waals surface area contributed by atoms with Crippen LogP contribution in [0.3, 0.4) is 0 Å². The summed E-state index contributed by atoms with van der Waals surface area (Å²) < 4.78 is 5.82. The molecule has 0 spiro atoms. The number of allylic oxidation sites excluding steroid dienone is 1. The molecule has 0 bridgehead atoms. The third-order valence-electron chi connectivity index (χ3n) is 2.60. The lowest BCUT2D eigenvalue weighted by atomic mass is 10.1. The molecule has 1 aromatic rings. The molecule has 0 saturated carbocycles. The Hall–Kier alpha value is -1.81. The quantitative estimate of drug-likeness (QED) is 0.335. The zero-order chi connectivity index (χ0) is 13.4. The number of carbonyl (C=O) groups excluding carboxylic acids is 1. The van der Waals surface area contributed by atoms with E-state index in [0.717, 1.165) is 17.7 Å². The van der Waals surface area contributed by atoms with Crippen LogP contribution in [0, 0.1) is 0 Å². The number of benzene rings is 1. The van der Waals surface area contributed by atoms with Crippen LogP contribution in [-0.2, 0) is 11.2 Å². The van der Waals surface area contributed by atoms with E-state index < -0.39 is 0 Å². The lowest BCUT2D eigenvalue weighted by Crippen LogP contribution is -2.30. The van der Waals surface area contributed by atoms with Crippen LogP contribution in [-0.4, -0.2) is 12.0 Å². The monoisotopic (exact) mass is 248 g/mol. The van der Waals surface area contributed by atoms with Gasteiger partial charge in [0.2, 0.25) is 5.91 Å². The Labute approximate surface area is 108 Å². The number of amides is 1. The van der Waals surface area contributed by atoms with Gasteiger partial charge in [-0.3, -0.25) is 10.2 Å². The lowest BCUT2D eigenvalue weighted by Gasteiger charge is -2.16. The summed E-state index contributed by atoms with van der Waals surface area (Å²) in [5.74, 6) is 5.69. The maximum absolute atomic E-state index is 11.0. The zero-order valence-corrected chi connectivity index (χ0v) is 10.7. The van der Waals surface area contributed by atoms with Crippen LogP contribution >= 0.6 is 0 Å². The van der Waals surface area contributed by atoms with Crippen LogP contribution in [0.5, 0.6) is 5.75 Å². The van der Waals surface area contributed by atoms with Crippen molar-refractivity contribution >= 4 is 5.91 Å². The molecule has 0 aliphatic heterocycles. The predicted octanol–water partition coefficient (Wildman–Crippen LogP) is 1.95. The molecule has 4 nitrogen and oxygen atoms in total. The van der Waals surface area contributed by atoms with Gasteiger partial charge in [-0.25, -0.2) is 5.84 Å². The van der Waals surface area contributed by atoms with E-state index >= 15 is 0 Å². The molecule has 1 rings (SSSR count). The number of hydrogen-bond acceptors (Lipinski definition) is 3. The average Bonchev–Trinajstić information content (AvgIpc) is 2.38. The molecule has 0 fully saturated rings. The minimum absolute atomic E-state index is 0.0340. The topological polar surface area (TPSA) is 64.3 Å². The van der Waals surface area contributed by atoms with Crippen molar-refractivity contribution in [3.05, 3.63) is 42.5 Å². The number of hydrogen-bond donors (Lipinski definition) is 2. The number of nitrogens with two attached hydrogens (primary N) is 1. The summed E-state index contributed by atoms with van der Waals surface area (Å²) in [7, 11) is 0. The molecule has 0 aromatic heterocycles. The van der Waals surface area contributed by atoms with Crippen molar-refractivity contribution in [3.63, 3.8) is 0 Å². The maximum Gasteiger partial charge on any atom is 0.234 e. The Morgan fingerprint density at radius 2 is 2.28 bits per heavy atom. The van der Waals surface area contributed by atoms with Crippen molar-refractivity contribution in [1.82, 2.24) is 5.43 Å². The van der Waals surface area contributed by atoms with Gasteiger partial charge in [-0.2, -0.15) is 0 Å². The molecule has 0 radical (unpaired) electrons. The summed E-state index contributed by atoms with van der Waals surface area (Å²) >= 11 is 0. The molecule has 1 atom stereocenters. The number of nitrogens with one attached hydrogen (secondary N) is 1. The van der Waals surface area contributed by atoms with E-state index in [1.54, 1.807) is 0 Å². The fourth-order valence-corrected chi connectivity index (χ4v) is 1.63. The maximum atomic E-state index is 11.0. The lowest BCUT2D eigenvalue weighted by molar-refractivity contribution is -0.121. The first-order valence-electron chi connectivity index (χ1n) is 6.02. The molecule has 1 aromatic carbocycles. The number of hydrazine groups is 1. The van der Waals surface area contributed by atoms with E-state index in [9.17, 15) is 4.79 Å². The molecule has 0 aliphatic carbocycles. The largest absolute Gasteiger partial charge is 0.490 e. The van der Waals surface area contributed by atoms with Gasteiger partial charge in [0, 0.05) is 6.42 Å². The van der Waals surface area contributed by atoms with E-state index in [2.05, 4.69) is 12.0 Å². The SMILES string of the molecule is C=CCc1ccccc1OC(C)CCC(=O)NN. The predicted molar refractivity (Wildman–Crippen MR) is 72.0 cm³/mol. The highest BCUT2D eigenvalue weighted by molar-refractivity contribution is 5.75. The van der Waals surface area contributed by atoms with E-state index in [4.69, 9.17) is 10.6 Å². The Morgan fingerprint density at radius 3 is 2.94 bits per heavy atom. The third-order valence-corrected chi connectivity index (χ3v) is 2.60. The van der Waals surface area contributed by atoms with E-state index in [0.29, 0.717) is 12.8 Å². The van der Waals surface area contributed by atoms with Crippen LogP contribution in [0.2, 0.25) is 0 Å². The van der Waals surface area contributed by atoms with Crippen molar-refractivity contribution in [2.24, 2.45) is 5.84 Å². The highest BCUT2D eigenvalue weighted by Gasteiger charge is 2.09. The van der Waals surface area contributed by atoms with Gasteiger partial charge in [-0.1, -0.05) is 24.3 Å². The molecular weight excluding hydrogens is 228 g/mol. The van der Waals surface area contributed by atoms with Crippen molar-refractivity contribution in [1.29, 1.82) is 0 Å². The highest BCUT2D eigenvalue weighted by atomic mass is 16.5. The summed E-state index contributed by atoms with van der Waals surface area (Å²) in [6.07, 6.45) is 3.57. The highest BCUT2D eigenvalue weighted by Crippen LogP contribution is 2.21. The summed E-state index contributed by atoms with van der Waals surface area (Å²) in [5, 5.41) is 0. The summed E-state index contributed by atoms with van der Waals surface area (Å²) in [6, 6.07) is 7.84. The van der Waals surface area contributed by atoms with Crippen molar-refractivity contribution in [2.45, 2.75) is 32.3 Å². The van der Waals surface area contributed by atoms with Gasteiger partial charge in [-0.15, -0.1) is 6.58 Å². The van der Waals surface area contributed by atoms with Gasteiger partial charge in [0.15, 0.2) is 0 Å². The van der Waals surface area contributed by atoms with Gasteiger partial charge in [0.25, 0.3) is 0 Å². The summed E-state index contributed by atoms with van der Waals surface area (Å²) in [5.41, 5.74) is 3.21. The number of rotatable bonds is 7. The molecule has 18 heavy (non-hydrogen) atoms. The molecule has 98 valence electrons. The average molecular weight is 248 g/mol. The van der Waals surface area contributed by atoms with Gasteiger partial charge < -0.3 is 4.74 Å². The van der Waals surface area contributed by atoms with E-state index in [1.165, 1.54) is 0 Å². The molecule has 1 amide bonds. The Bertz CT molecular complexity index is 405. The normalized spacial score (nSPS) is 11.7. The number of para-hydroxylation sites is 1. The van der Waals surface area contributed by atoms with Crippen LogP contribution in [0.4, 0.5) is 0 Å². The molecule has 4 heteroatoms. The number of carbonyl (C=O) groups is 1. The van der Waals surface area contributed by atoms with Crippen LogP contribution in [0.15, 0.2) is 36.9 Å². The van der Waals surface area contributed by atoms with Gasteiger partial charge in [0.05, 0.1) is 6.10 Å². The number of ether oxygens (including phenoxy) is 1. The second-order valence-electron chi connectivity index (χ2n) is 4.14. The van der Waals surface area contributed by atoms with E-state index in [-0.39, 0.29) is 12.0 Å². The first-order chi connectivity index (χ1) is 8.67. The van der Waals surface area contributed by atoms with Crippen LogP contribution in [0.1, 0.15) is 25.3 Å². The molecular formula is C14H20N2O2. The Morgan fingerprint density at radius 1 is 1.56 bits per heavy atom. The minimum Gasteiger partial charge on any atom is -0.490 e. The van der Waals surface area contributed by atoms with Crippen LogP contribution < -0.4 is 16.0 Å². The van der Waals surface area contributed by atoms with Gasteiger partial charge >= 0.3 is 0 Å². The van der Waals surface area contributed by atoms with Crippen molar-refractivity contribution in [2.75, 3.05) is 0 Å². The summed E-state index contributed by atoms with van der Waals surface area (Å²) in [6.45, 7) is 5.66. The van der Waals surface area contributed by atoms with Crippen LogP contribution in [0.25, 0.3) is 0 Å². The Balaban J connectivity index is 2.55. The standard InChI is InChI=1S/C14H20N2O2/c1-3-6-12-7-4-5-8-13(12)18-11(2)9-10-14(17)16-15/h3-5,7-8,11H,1,6,9-10,15H2,2H3,(H,16,17). The summed E-state index contributed by atoms with van der Waals surface area (Å²) in [4.78, 5) is 11.0. The van der Waals surface area contributed by atoms with Gasteiger partial charge in [0.1, 0.15) is 5.75 Å². The second-order valence-corrected chi connectivity index (χ2v) is 4.14. The smallest absolute Gasteiger partial charge is 0.234 e. The molecule has 0 heterocycles. The molecule has 0 saturated heterocycles. The zero-order valence-electron chi connectivity index (χ0n) is 10.7. The minimum atomic E-state index is -0.176. The molecule has 3 N–H and O–H groups in total. The fraction of sp³-hybridized carbons (Fsp3) is 0.357.